The van der Waals surface area contributed by atoms with Crippen molar-refractivity contribution in [3.63, 3.8) is 0 Å². The van der Waals surface area contributed by atoms with Gasteiger partial charge in [0.25, 0.3) is 0 Å². The minimum Gasteiger partial charge on any atom is -0.368 e. The lowest BCUT2D eigenvalue weighted by Crippen LogP contribution is -2.38. The zero-order valence-electron chi connectivity index (χ0n) is 9.77. The van der Waals surface area contributed by atoms with Crippen LogP contribution in [0.2, 0.25) is 0 Å². The van der Waals surface area contributed by atoms with Crippen LogP contribution in [0.4, 0.5) is 5.69 Å². The average Bonchev–Trinajstić information content (AvgIpc) is 2.25. The number of anilines is 1. The van der Waals surface area contributed by atoms with Gasteiger partial charge in [0.1, 0.15) is 6.07 Å². The summed E-state index contributed by atoms with van der Waals surface area (Å²) in [5, 5.41) is 8.83. The van der Waals surface area contributed by atoms with Gasteiger partial charge in [0, 0.05) is 16.2 Å². The van der Waals surface area contributed by atoms with Crippen LogP contribution < -0.4 is 10.6 Å². The van der Waals surface area contributed by atoms with E-state index in [4.69, 9.17) is 11.0 Å². The molecule has 17 heavy (non-hydrogen) atoms. The van der Waals surface area contributed by atoms with Crippen LogP contribution in [-0.2, 0) is 4.79 Å². The lowest BCUT2D eigenvalue weighted by Gasteiger charge is -2.27. The summed E-state index contributed by atoms with van der Waals surface area (Å²) >= 11 is 3.33. The fourth-order valence-corrected chi connectivity index (χ4v) is 1.97. The third-order valence-electron chi connectivity index (χ3n) is 2.35. The number of nitrogens with zero attached hydrogens (tertiary/aromatic N) is 2. The quantitative estimate of drug-likeness (QED) is 0.924. The highest BCUT2D eigenvalue weighted by Crippen LogP contribution is 2.24. The van der Waals surface area contributed by atoms with E-state index in [1.165, 1.54) is 0 Å². The lowest BCUT2D eigenvalue weighted by molar-refractivity contribution is -0.116. The van der Waals surface area contributed by atoms with Crippen LogP contribution in [0.15, 0.2) is 22.7 Å². The third-order valence-corrected chi connectivity index (χ3v) is 3.01. The molecule has 0 aliphatic rings. The molecule has 0 bridgehead atoms. The number of hydrogen-bond acceptors (Lipinski definition) is 3. The van der Waals surface area contributed by atoms with E-state index in [0.717, 1.165) is 5.69 Å². The molecule has 1 aromatic rings. The predicted molar refractivity (Wildman–Crippen MR) is 70.5 cm³/mol. The van der Waals surface area contributed by atoms with E-state index in [1.807, 2.05) is 30.9 Å². The molecule has 0 aliphatic heterocycles. The van der Waals surface area contributed by atoms with Crippen molar-refractivity contribution >= 4 is 27.5 Å². The zero-order chi connectivity index (χ0) is 13.0. The molecule has 0 saturated carbocycles. The Labute approximate surface area is 109 Å². The standard InChI is InChI=1S/C12H14BrN3O/c1-8(2)16(7-12(15)17)10-4-3-9(6-14)11(13)5-10/h3-5,8H,7H2,1-2H3,(H2,15,17). The van der Waals surface area contributed by atoms with Crippen LogP contribution in [0.5, 0.6) is 0 Å². The maximum Gasteiger partial charge on any atom is 0.236 e. The lowest BCUT2D eigenvalue weighted by atomic mass is 10.2. The molecule has 0 atom stereocenters. The van der Waals surface area contributed by atoms with Crippen molar-refractivity contribution in [3.8, 4) is 6.07 Å². The van der Waals surface area contributed by atoms with Crippen molar-refractivity contribution < 1.29 is 4.79 Å². The van der Waals surface area contributed by atoms with Crippen LogP contribution in [0.1, 0.15) is 19.4 Å². The van der Waals surface area contributed by atoms with Crippen LogP contribution in [0.25, 0.3) is 0 Å². The Morgan fingerprint density at radius 2 is 2.24 bits per heavy atom. The second kappa shape index (κ2) is 5.69. The highest BCUT2D eigenvalue weighted by atomic mass is 79.9. The van der Waals surface area contributed by atoms with Crippen LogP contribution >= 0.6 is 15.9 Å². The Hall–Kier alpha value is -1.54. The van der Waals surface area contributed by atoms with E-state index in [9.17, 15) is 4.79 Å². The maximum atomic E-state index is 11.0. The Kier molecular flexibility index (Phi) is 4.53. The molecular formula is C12H14BrN3O. The van der Waals surface area contributed by atoms with E-state index >= 15 is 0 Å². The molecule has 0 aromatic heterocycles. The summed E-state index contributed by atoms with van der Waals surface area (Å²) in [7, 11) is 0. The molecule has 0 spiro atoms. The van der Waals surface area contributed by atoms with Crippen molar-refractivity contribution in [2.75, 3.05) is 11.4 Å². The van der Waals surface area contributed by atoms with Gasteiger partial charge in [-0.1, -0.05) is 0 Å². The van der Waals surface area contributed by atoms with Crippen molar-refractivity contribution in [2.24, 2.45) is 5.73 Å². The van der Waals surface area contributed by atoms with E-state index in [1.54, 1.807) is 6.07 Å². The van der Waals surface area contributed by atoms with Gasteiger partial charge in [-0.2, -0.15) is 5.26 Å². The number of amides is 1. The van der Waals surface area contributed by atoms with Crippen molar-refractivity contribution in [2.45, 2.75) is 19.9 Å². The Balaban J connectivity index is 3.07. The largest absolute Gasteiger partial charge is 0.368 e. The van der Waals surface area contributed by atoms with Crippen LogP contribution in [-0.4, -0.2) is 18.5 Å². The molecule has 1 rings (SSSR count). The van der Waals surface area contributed by atoms with E-state index in [2.05, 4.69) is 22.0 Å². The van der Waals surface area contributed by atoms with Gasteiger partial charge in [-0.05, 0) is 48.0 Å². The molecule has 4 nitrogen and oxygen atoms in total. The number of nitriles is 1. The van der Waals surface area contributed by atoms with Gasteiger partial charge in [-0.3, -0.25) is 4.79 Å². The Morgan fingerprint density at radius 1 is 1.59 bits per heavy atom. The SMILES string of the molecule is CC(C)N(CC(N)=O)c1ccc(C#N)c(Br)c1. The number of hydrogen-bond donors (Lipinski definition) is 1. The van der Waals surface area contributed by atoms with Crippen LogP contribution in [0.3, 0.4) is 0 Å². The summed E-state index contributed by atoms with van der Waals surface area (Å²) in [6.07, 6.45) is 0. The van der Waals surface area contributed by atoms with Gasteiger partial charge in [0.2, 0.25) is 5.91 Å². The fraction of sp³-hybridized carbons (Fsp3) is 0.333. The molecule has 0 radical (unpaired) electrons. The topological polar surface area (TPSA) is 70.1 Å². The van der Waals surface area contributed by atoms with E-state index in [0.29, 0.717) is 10.0 Å². The summed E-state index contributed by atoms with van der Waals surface area (Å²) in [5.74, 6) is -0.376. The summed E-state index contributed by atoms with van der Waals surface area (Å²) in [5.41, 5.74) is 6.65. The number of nitrogens with two attached hydrogens (primary N) is 1. The summed E-state index contributed by atoms with van der Waals surface area (Å²) in [6.45, 7) is 4.13. The first-order valence-corrected chi connectivity index (χ1v) is 5.99. The highest BCUT2D eigenvalue weighted by Gasteiger charge is 2.14. The molecule has 1 amide bonds. The van der Waals surface area contributed by atoms with Gasteiger partial charge in [-0.15, -0.1) is 0 Å². The van der Waals surface area contributed by atoms with Crippen LogP contribution in [0, 0.1) is 11.3 Å². The second-order valence-electron chi connectivity index (χ2n) is 3.96. The Bertz CT molecular complexity index is 465. The second-order valence-corrected chi connectivity index (χ2v) is 4.82. The van der Waals surface area contributed by atoms with Crippen molar-refractivity contribution in [3.05, 3.63) is 28.2 Å². The summed E-state index contributed by atoms with van der Waals surface area (Å²) < 4.78 is 0.715. The fourth-order valence-electron chi connectivity index (χ4n) is 1.51. The minimum absolute atomic E-state index is 0.155. The summed E-state index contributed by atoms with van der Waals surface area (Å²) in [6, 6.07) is 7.58. The first-order chi connectivity index (χ1) is 7.95. The molecule has 90 valence electrons. The van der Waals surface area contributed by atoms with Crippen molar-refractivity contribution in [1.29, 1.82) is 5.26 Å². The summed E-state index contributed by atoms with van der Waals surface area (Å²) in [4.78, 5) is 12.9. The number of benzene rings is 1. The number of halogens is 1. The van der Waals surface area contributed by atoms with E-state index in [-0.39, 0.29) is 18.5 Å². The van der Waals surface area contributed by atoms with Crippen molar-refractivity contribution in [1.82, 2.24) is 0 Å². The number of carbonyl (C=O) groups is 1. The van der Waals surface area contributed by atoms with Gasteiger partial charge in [-0.25, -0.2) is 0 Å². The molecule has 1 aromatic carbocycles. The third kappa shape index (κ3) is 3.46. The minimum atomic E-state index is -0.376. The zero-order valence-corrected chi connectivity index (χ0v) is 11.4. The first-order valence-electron chi connectivity index (χ1n) is 5.20. The smallest absolute Gasteiger partial charge is 0.236 e. The molecule has 0 aliphatic carbocycles. The number of rotatable bonds is 4. The molecule has 5 heteroatoms. The van der Waals surface area contributed by atoms with Gasteiger partial charge < -0.3 is 10.6 Å². The first kappa shape index (κ1) is 13.5. The number of primary amides is 1. The average molecular weight is 296 g/mol. The molecule has 0 heterocycles. The number of carbonyl (C=O) groups excluding carboxylic acids is 1. The monoisotopic (exact) mass is 295 g/mol. The van der Waals surface area contributed by atoms with Gasteiger partial charge in [0.15, 0.2) is 0 Å². The van der Waals surface area contributed by atoms with Gasteiger partial charge >= 0.3 is 0 Å². The molecule has 0 fully saturated rings. The maximum absolute atomic E-state index is 11.0. The highest BCUT2D eigenvalue weighted by molar-refractivity contribution is 9.10. The van der Waals surface area contributed by atoms with E-state index < -0.39 is 0 Å². The predicted octanol–water partition coefficient (Wildman–Crippen LogP) is 2.02. The molecular weight excluding hydrogens is 282 g/mol. The molecule has 0 unspecified atom stereocenters. The Morgan fingerprint density at radius 3 is 2.65 bits per heavy atom. The molecule has 2 N–H and O–H groups in total. The molecule has 0 saturated heterocycles. The normalized spacial score (nSPS) is 10.1. The van der Waals surface area contributed by atoms with Gasteiger partial charge in [0.05, 0.1) is 12.1 Å².